The first kappa shape index (κ1) is 15.5. The third-order valence-corrected chi connectivity index (χ3v) is 5.29. The smallest absolute Gasteiger partial charge is 0.310 e. The highest BCUT2D eigenvalue weighted by atomic mass is 35.5. The number of nitrogens with zero attached hydrogens (tertiary/aromatic N) is 2. The average Bonchev–Trinajstić information content (AvgIpc) is 3.08. The summed E-state index contributed by atoms with van der Waals surface area (Å²) in [5, 5.41) is 13.0. The Morgan fingerprint density at radius 2 is 2.27 bits per heavy atom. The largest absolute Gasteiger partial charge is 0.481 e. The number of likely N-dealkylation sites (tertiary alicyclic amines) is 1. The van der Waals surface area contributed by atoms with Gasteiger partial charge in [-0.05, 0) is 26.0 Å². The second kappa shape index (κ2) is 5.99. The number of halogens is 1. The van der Waals surface area contributed by atoms with Gasteiger partial charge in [0.15, 0.2) is 0 Å². The molecule has 4 nitrogen and oxygen atoms in total. The summed E-state index contributed by atoms with van der Waals surface area (Å²) < 4.78 is 0. The maximum absolute atomic E-state index is 11.3. The Balaban J connectivity index is 1.71. The molecule has 1 fully saturated rings. The molecule has 1 aliphatic heterocycles. The fourth-order valence-corrected chi connectivity index (χ4v) is 3.80. The molecule has 1 aliphatic rings. The predicted molar refractivity (Wildman–Crippen MR) is 88.2 cm³/mol. The van der Waals surface area contributed by atoms with Crippen molar-refractivity contribution in [3.8, 4) is 11.3 Å². The molecule has 116 valence electrons. The van der Waals surface area contributed by atoms with Crippen molar-refractivity contribution in [1.29, 1.82) is 0 Å². The van der Waals surface area contributed by atoms with E-state index in [0.717, 1.165) is 22.8 Å². The van der Waals surface area contributed by atoms with Crippen LogP contribution in [0.4, 0.5) is 0 Å². The normalized spacial score (nSPS) is 22.1. The van der Waals surface area contributed by atoms with Crippen LogP contribution in [0.25, 0.3) is 11.3 Å². The van der Waals surface area contributed by atoms with Gasteiger partial charge < -0.3 is 5.11 Å². The molecule has 0 amide bonds. The minimum absolute atomic E-state index is 0.573. The lowest BCUT2D eigenvalue weighted by Gasteiger charge is -2.19. The van der Waals surface area contributed by atoms with Gasteiger partial charge in [0.1, 0.15) is 5.01 Å². The number of carboxylic acids is 1. The van der Waals surface area contributed by atoms with E-state index < -0.39 is 11.4 Å². The van der Waals surface area contributed by atoms with Crippen molar-refractivity contribution >= 4 is 28.9 Å². The molecular formula is C16H17ClN2O2S. The van der Waals surface area contributed by atoms with Gasteiger partial charge in [0.05, 0.1) is 17.7 Å². The van der Waals surface area contributed by atoms with Crippen LogP contribution in [0.5, 0.6) is 0 Å². The van der Waals surface area contributed by atoms with Crippen LogP contribution in [0.15, 0.2) is 29.6 Å². The van der Waals surface area contributed by atoms with Gasteiger partial charge in [-0.1, -0.05) is 29.8 Å². The summed E-state index contributed by atoms with van der Waals surface area (Å²) in [4.78, 5) is 18.1. The molecule has 1 saturated heterocycles. The molecule has 0 bridgehead atoms. The number of thiazole rings is 1. The molecule has 0 saturated carbocycles. The van der Waals surface area contributed by atoms with E-state index in [-0.39, 0.29) is 0 Å². The maximum Gasteiger partial charge on any atom is 0.310 e. The molecular weight excluding hydrogens is 320 g/mol. The van der Waals surface area contributed by atoms with Crippen LogP contribution in [0, 0.1) is 5.41 Å². The number of carbonyl (C=O) groups is 1. The second-order valence-electron chi connectivity index (χ2n) is 5.93. The van der Waals surface area contributed by atoms with Gasteiger partial charge in [-0.25, -0.2) is 4.98 Å². The Morgan fingerprint density at radius 3 is 2.95 bits per heavy atom. The molecule has 1 N–H and O–H groups in total. The SMILES string of the molecule is C[C@]1(C(=O)O)CCN(Cc2nc(-c3ccccc3Cl)cs2)C1. The molecule has 2 heterocycles. The van der Waals surface area contributed by atoms with Crippen LogP contribution >= 0.6 is 22.9 Å². The van der Waals surface area contributed by atoms with Gasteiger partial charge in [-0.15, -0.1) is 11.3 Å². The molecule has 6 heteroatoms. The zero-order valence-corrected chi connectivity index (χ0v) is 13.8. The fraction of sp³-hybridized carbons (Fsp3) is 0.375. The standard InChI is InChI=1S/C16H17ClN2O2S/c1-16(15(20)21)6-7-19(10-16)8-14-18-13(9-22-14)11-4-2-3-5-12(11)17/h2-5,9H,6-8,10H2,1H3,(H,20,21)/t16-/m0/s1. The molecule has 0 aliphatic carbocycles. The van der Waals surface area contributed by atoms with Gasteiger partial charge in [0.25, 0.3) is 0 Å². The van der Waals surface area contributed by atoms with E-state index >= 15 is 0 Å². The van der Waals surface area contributed by atoms with Crippen LogP contribution in [0.1, 0.15) is 18.4 Å². The number of aromatic nitrogens is 1. The van der Waals surface area contributed by atoms with Gasteiger partial charge in [0.2, 0.25) is 0 Å². The lowest BCUT2D eigenvalue weighted by molar-refractivity contribution is -0.147. The number of aliphatic carboxylic acids is 1. The number of rotatable bonds is 4. The first-order chi connectivity index (χ1) is 10.5. The summed E-state index contributed by atoms with van der Waals surface area (Å²) in [5.41, 5.74) is 1.18. The second-order valence-corrected chi connectivity index (χ2v) is 7.28. The lowest BCUT2D eigenvalue weighted by Crippen LogP contribution is -2.31. The zero-order chi connectivity index (χ0) is 15.7. The minimum atomic E-state index is -0.717. The number of hydrogen-bond acceptors (Lipinski definition) is 4. The molecule has 22 heavy (non-hydrogen) atoms. The molecule has 1 aromatic heterocycles. The Bertz CT molecular complexity index is 703. The van der Waals surface area contributed by atoms with Crippen molar-refractivity contribution in [1.82, 2.24) is 9.88 Å². The lowest BCUT2D eigenvalue weighted by atomic mass is 9.90. The van der Waals surface area contributed by atoms with Gasteiger partial charge in [-0.2, -0.15) is 0 Å². The molecule has 0 unspecified atom stereocenters. The van der Waals surface area contributed by atoms with Crippen molar-refractivity contribution in [3.63, 3.8) is 0 Å². The van der Waals surface area contributed by atoms with Crippen molar-refractivity contribution in [2.45, 2.75) is 19.9 Å². The first-order valence-corrected chi connectivity index (χ1v) is 8.39. The Kier molecular flexibility index (Phi) is 4.21. The number of benzene rings is 1. The van der Waals surface area contributed by atoms with Crippen LogP contribution in [-0.2, 0) is 11.3 Å². The Hall–Kier alpha value is -1.43. The van der Waals surface area contributed by atoms with Gasteiger partial charge in [-0.3, -0.25) is 9.69 Å². The van der Waals surface area contributed by atoms with E-state index in [9.17, 15) is 9.90 Å². The molecule has 3 rings (SSSR count). The highest BCUT2D eigenvalue weighted by Gasteiger charge is 2.40. The van der Waals surface area contributed by atoms with Crippen molar-refractivity contribution in [2.75, 3.05) is 13.1 Å². The molecule has 1 aromatic carbocycles. The fourth-order valence-electron chi connectivity index (χ4n) is 2.73. The van der Waals surface area contributed by atoms with Crippen molar-refractivity contribution in [2.24, 2.45) is 5.41 Å². The summed E-state index contributed by atoms with van der Waals surface area (Å²) >= 11 is 7.79. The molecule has 0 radical (unpaired) electrons. The van der Waals surface area contributed by atoms with E-state index in [1.807, 2.05) is 36.6 Å². The number of carboxylic acid groups (broad SMARTS) is 1. The summed E-state index contributed by atoms with van der Waals surface area (Å²) in [6, 6.07) is 7.66. The third-order valence-electron chi connectivity index (χ3n) is 4.13. The van der Waals surface area contributed by atoms with Crippen molar-refractivity contribution < 1.29 is 9.90 Å². The minimum Gasteiger partial charge on any atom is -0.481 e. The highest BCUT2D eigenvalue weighted by molar-refractivity contribution is 7.09. The topological polar surface area (TPSA) is 53.4 Å². The predicted octanol–water partition coefficient (Wildman–Crippen LogP) is 3.76. The van der Waals surface area contributed by atoms with Crippen LogP contribution < -0.4 is 0 Å². The Morgan fingerprint density at radius 1 is 1.50 bits per heavy atom. The summed E-state index contributed by atoms with van der Waals surface area (Å²) in [7, 11) is 0. The van der Waals surface area contributed by atoms with E-state index in [1.54, 1.807) is 11.3 Å². The summed E-state index contributed by atoms with van der Waals surface area (Å²) in [6.45, 7) is 3.87. The first-order valence-electron chi connectivity index (χ1n) is 7.13. The Labute approximate surface area is 138 Å². The summed E-state index contributed by atoms with van der Waals surface area (Å²) in [5.74, 6) is -0.717. The van der Waals surface area contributed by atoms with Crippen molar-refractivity contribution in [3.05, 3.63) is 39.7 Å². The monoisotopic (exact) mass is 336 g/mol. The molecule has 2 aromatic rings. The maximum atomic E-state index is 11.3. The molecule has 1 atom stereocenters. The highest BCUT2D eigenvalue weighted by Crippen LogP contribution is 2.33. The van der Waals surface area contributed by atoms with Crippen LogP contribution in [0.3, 0.4) is 0 Å². The van der Waals surface area contributed by atoms with Crippen LogP contribution in [0.2, 0.25) is 5.02 Å². The average molecular weight is 337 g/mol. The van der Waals surface area contributed by atoms with E-state index in [4.69, 9.17) is 11.6 Å². The summed E-state index contributed by atoms with van der Waals surface area (Å²) in [6.07, 6.45) is 0.686. The van der Waals surface area contributed by atoms with Gasteiger partial charge in [0, 0.05) is 22.5 Å². The van der Waals surface area contributed by atoms with Gasteiger partial charge >= 0.3 is 5.97 Å². The van der Waals surface area contributed by atoms with Crippen LogP contribution in [-0.4, -0.2) is 34.0 Å². The third kappa shape index (κ3) is 3.02. The van der Waals surface area contributed by atoms with E-state index in [2.05, 4.69) is 9.88 Å². The molecule has 0 spiro atoms. The zero-order valence-electron chi connectivity index (χ0n) is 12.3. The quantitative estimate of drug-likeness (QED) is 0.923. The number of hydrogen-bond donors (Lipinski definition) is 1. The van der Waals surface area contributed by atoms with E-state index in [1.165, 1.54) is 0 Å². The van der Waals surface area contributed by atoms with E-state index in [0.29, 0.717) is 24.5 Å².